The van der Waals surface area contributed by atoms with E-state index in [0.717, 1.165) is 24.8 Å². The Labute approximate surface area is 107 Å². The molecule has 2 unspecified atom stereocenters. The van der Waals surface area contributed by atoms with Crippen molar-refractivity contribution < 1.29 is 19.1 Å². The van der Waals surface area contributed by atoms with Gasteiger partial charge in [-0.25, -0.2) is 0 Å². The number of carbonyl (C=O) groups excluding carboxylic acids is 2. The van der Waals surface area contributed by atoms with Crippen molar-refractivity contribution in [3.63, 3.8) is 0 Å². The zero-order valence-corrected chi connectivity index (χ0v) is 11.0. The van der Waals surface area contributed by atoms with E-state index in [2.05, 4.69) is 6.58 Å². The summed E-state index contributed by atoms with van der Waals surface area (Å²) >= 11 is 0. The fourth-order valence-corrected chi connectivity index (χ4v) is 3.50. The number of esters is 2. The van der Waals surface area contributed by atoms with Gasteiger partial charge in [0.25, 0.3) is 0 Å². The molecule has 2 saturated carbocycles. The Balaban J connectivity index is 2.29. The zero-order chi connectivity index (χ0) is 13.3. The molecule has 0 aliphatic heterocycles. The standard InChI is InChI=1S/C14H20O4/c1-9-4-5-10-6-7-14(8-11(9)10,12(15)17-2)13(16)18-3/h10-11H,1,4-8H2,2-3H3. The minimum absolute atomic E-state index is 0.261. The van der Waals surface area contributed by atoms with E-state index in [-0.39, 0.29) is 5.92 Å². The SMILES string of the molecule is C=C1CCC2CCC(C(=O)OC)(C(=O)OC)CC12. The Morgan fingerprint density at radius 2 is 1.83 bits per heavy atom. The summed E-state index contributed by atoms with van der Waals surface area (Å²) in [6.45, 7) is 4.07. The Bertz CT molecular complexity index is 369. The van der Waals surface area contributed by atoms with Crippen molar-refractivity contribution in [3.05, 3.63) is 12.2 Å². The highest BCUT2D eigenvalue weighted by Gasteiger charge is 2.54. The van der Waals surface area contributed by atoms with E-state index in [4.69, 9.17) is 9.47 Å². The quantitative estimate of drug-likeness (QED) is 0.429. The highest BCUT2D eigenvalue weighted by molar-refractivity contribution is 6.00. The molecule has 2 aliphatic carbocycles. The van der Waals surface area contributed by atoms with Gasteiger partial charge in [0.05, 0.1) is 14.2 Å². The summed E-state index contributed by atoms with van der Waals surface area (Å²) in [6, 6.07) is 0. The minimum Gasteiger partial charge on any atom is -0.468 e. The van der Waals surface area contributed by atoms with Crippen molar-refractivity contribution in [1.29, 1.82) is 0 Å². The summed E-state index contributed by atoms with van der Waals surface area (Å²) in [7, 11) is 2.64. The molecule has 0 aromatic heterocycles. The highest BCUT2D eigenvalue weighted by Crippen LogP contribution is 2.52. The van der Waals surface area contributed by atoms with E-state index >= 15 is 0 Å². The largest absolute Gasteiger partial charge is 0.468 e. The summed E-state index contributed by atoms with van der Waals surface area (Å²) in [5.41, 5.74) is 0.0506. The van der Waals surface area contributed by atoms with Gasteiger partial charge in [0, 0.05) is 0 Å². The number of carbonyl (C=O) groups is 2. The first-order valence-electron chi connectivity index (χ1n) is 6.39. The van der Waals surface area contributed by atoms with Crippen molar-refractivity contribution in [2.75, 3.05) is 14.2 Å². The van der Waals surface area contributed by atoms with Gasteiger partial charge < -0.3 is 9.47 Å². The monoisotopic (exact) mass is 252 g/mol. The average molecular weight is 252 g/mol. The third-order valence-electron chi connectivity index (χ3n) is 4.59. The van der Waals surface area contributed by atoms with E-state index in [1.54, 1.807) is 0 Å². The van der Waals surface area contributed by atoms with Crippen LogP contribution < -0.4 is 0 Å². The number of rotatable bonds is 2. The van der Waals surface area contributed by atoms with Gasteiger partial charge in [-0.15, -0.1) is 0 Å². The van der Waals surface area contributed by atoms with Crippen LogP contribution in [-0.2, 0) is 19.1 Å². The van der Waals surface area contributed by atoms with Gasteiger partial charge in [0.15, 0.2) is 5.41 Å². The molecule has 18 heavy (non-hydrogen) atoms. The summed E-state index contributed by atoms with van der Waals surface area (Å²) in [5, 5.41) is 0. The molecule has 0 aromatic rings. The van der Waals surface area contributed by atoms with Crippen molar-refractivity contribution in [1.82, 2.24) is 0 Å². The van der Waals surface area contributed by atoms with E-state index in [9.17, 15) is 9.59 Å². The van der Waals surface area contributed by atoms with Gasteiger partial charge in [-0.2, -0.15) is 0 Å². The maximum atomic E-state index is 12.0. The number of hydrogen-bond donors (Lipinski definition) is 0. The summed E-state index contributed by atoms with van der Waals surface area (Å²) in [4.78, 5) is 24.1. The molecule has 0 heterocycles. The number of fused-ring (bicyclic) bond motifs is 1. The molecule has 100 valence electrons. The molecule has 0 aromatic carbocycles. The van der Waals surface area contributed by atoms with E-state index in [1.165, 1.54) is 14.2 Å². The molecule has 2 atom stereocenters. The van der Waals surface area contributed by atoms with Gasteiger partial charge in [-0.05, 0) is 43.9 Å². The maximum absolute atomic E-state index is 12.0. The molecule has 0 radical (unpaired) electrons. The van der Waals surface area contributed by atoms with Crippen LogP contribution in [-0.4, -0.2) is 26.2 Å². The lowest BCUT2D eigenvalue weighted by molar-refractivity contribution is -0.173. The second-order valence-electron chi connectivity index (χ2n) is 5.37. The summed E-state index contributed by atoms with van der Waals surface area (Å²) in [6.07, 6.45) is 4.03. The second-order valence-corrected chi connectivity index (χ2v) is 5.37. The Kier molecular flexibility index (Phi) is 3.46. The number of methoxy groups -OCH3 is 2. The Hall–Kier alpha value is -1.32. The van der Waals surface area contributed by atoms with Crippen LogP contribution in [0.15, 0.2) is 12.2 Å². The van der Waals surface area contributed by atoms with Crippen molar-refractivity contribution in [2.45, 2.75) is 32.1 Å². The molecule has 0 amide bonds. The smallest absolute Gasteiger partial charge is 0.323 e. The van der Waals surface area contributed by atoms with Crippen LogP contribution in [0, 0.1) is 17.3 Å². The van der Waals surface area contributed by atoms with Crippen LogP contribution in [0.3, 0.4) is 0 Å². The topological polar surface area (TPSA) is 52.6 Å². The van der Waals surface area contributed by atoms with Crippen molar-refractivity contribution >= 4 is 11.9 Å². The first-order valence-corrected chi connectivity index (χ1v) is 6.39. The predicted molar refractivity (Wildman–Crippen MR) is 65.7 cm³/mol. The predicted octanol–water partition coefficient (Wildman–Crippen LogP) is 2.09. The first-order chi connectivity index (χ1) is 8.55. The zero-order valence-electron chi connectivity index (χ0n) is 11.0. The van der Waals surface area contributed by atoms with Crippen LogP contribution in [0.5, 0.6) is 0 Å². The summed E-state index contributed by atoms with van der Waals surface area (Å²) in [5.74, 6) is -0.100. The molecular weight excluding hydrogens is 232 g/mol. The molecule has 2 aliphatic rings. The maximum Gasteiger partial charge on any atom is 0.323 e. The molecule has 0 spiro atoms. The summed E-state index contributed by atoms with van der Waals surface area (Å²) < 4.78 is 9.66. The minimum atomic E-state index is -1.11. The Morgan fingerprint density at radius 1 is 1.22 bits per heavy atom. The number of hydrogen-bond acceptors (Lipinski definition) is 4. The molecule has 0 saturated heterocycles. The van der Waals surface area contributed by atoms with Gasteiger partial charge in [0.2, 0.25) is 0 Å². The third kappa shape index (κ3) is 1.84. The fraction of sp³-hybridized carbons (Fsp3) is 0.714. The molecule has 0 N–H and O–H groups in total. The van der Waals surface area contributed by atoms with Crippen molar-refractivity contribution in [2.24, 2.45) is 17.3 Å². The molecular formula is C14H20O4. The lowest BCUT2D eigenvalue weighted by atomic mass is 9.65. The number of ether oxygens (including phenoxy) is 2. The lowest BCUT2D eigenvalue weighted by Crippen LogP contribution is -2.46. The van der Waals surface area contributed by atoms with Crippen LogP contribution >= 0.6 is 0 Å². The van der Waals surface area contributed by atoms with Gasteiger partial charge >= 0.3 is 11.9 Å². The molecule has 0 bridgehead atoms. The molecule has 4 heteroatoms. The molecule has 4 nitrogen and oxygen atoms in total. The van der Waals surface area contributed by atoms with Crippen LogP contribution in [0.1, 0.15) is 32.1 Å². The second kappa shape index (κ2) is 4.75. The van der Waals surface area contributed by atoms with E-state index in [1.807, 2.05) is 0 Å². The van der Waals surface area contributed by atoms with E-state index in [0.29, 0.717) is 18.8 Å². The normalized spacial score (nSPS) is 29.6. The van der Waals surface area contributed by atoms with Gasteiger partial charge in [0.1, 0.15) is 0 Å². The van der Waals surface area contributed by atoms with Crippen LogP contribution in [0.25, 0.3) is 0 Å². The highest BCUT2D eigenvalue weighted by atomic mass is 16.5. The lowest BCUT2D eigenvalue weighted by Gasteiger charge is -2.38. The van der Waals surface area contributed by atoms with Crippen LogP contribution in [0.4, 0.5) is 0 Å². The molecule has 2 fully saturated rings. The Morgan fingerprint density at radius 3 is 2.39 bits per heavy atom. The van der Waals surface area contributed by atoms with Gasteiger partial charge in [-0.1, -0.05) is 12.2 Å². The number of allylic oxidation sites excluding steroid dienone is 1. The van der Waals surface area contributed by atoms with Gasteiger partial charge in [-0.3, -0.25) is 9.59 Å². The van der Waals surface area contributed by atoms with Crippen molar-refractivity contribution in [3.8, 4) is 0 Å². The van der Waals surface area contributed by atoms with Crippen LogP contribution in [0.2, 0.25) is 0 Å². The first kappa shape index (κ1) is 13.1. The fourth-order valence-electron chi connectivity index (χ4n) is 3.50. The van der Waals surface area contributed by atoms with E-state index < -0.39 is 17.4 Å². The average Bonchev–Trinajstić information content (AvgIpc) is 2.77. The molecule has 2 rings (SSSR count). The third-order valence-corrected chi connectivity index (χ3v) is 4.59.